The molecule has 0 unspecified atom stereocenters. The van der Waals surface area contributed by atoms with Crippen LogP contribution in [-0.2, 0) is 6.54 Å². The molecule has 0 fully saturated rings. The van der Waals surface area contributed by atoms with E-state index in [-0.39, 0.29) is 11.2 Å². The molecule has 7 nitrogen and oxygen atoms in total. The number of nitrogens with zero attached hydrogens (tertiary/aromatic N) is 3. The molecular weight excluding hydrogens is 519 g/mol. The first-order valence-electron chi connectivity index (χ1n) is 13.2. The summed E-state index contributed by atoms with van der Waals surface area (Å²) in [6.45, 7) is 4.69. The van der Waals surface area contributed by atoms with Crippen molar-refractivity contribution in [1.82, 2.24) is 14.5 Å². The molecule has 0 aliphatic carbocycles. The number of ether oxygens (including phenoxy) is 2. The fourth-order valence-corrected chi connectivity index (χ4v) is 4.86. The topological polar surface area (TPSA) is 78.3 Å². The average Bonchev–Trinajstić information content (AvgIpc) is 2.99. The molecule has 204 valence electrons. The summed E-state index contributed by atoms with van der Waals surface area (Å²) in [7, 11) is 1.59. The molecule has 0 amide bonds. The lowest BCUT2D eigenvalue weighted by Crippen LogP contribution is -2.14. The highest BCUT2D eigenvalue weighted by Crippen LogP contribution is 2.34. The van der Waals surface area contributed by atoms with E-state index in [0.29, 0.717) is 46.0 Å². The Morgan fingerprint density at radius 2 is 1.73 bits per heavy atom. The Labute approximate surface area is 235 Å². The molecule has 6 rings (SSSR count). The number of anilines is 2. The van der Waals surface area contributed by atoms with Crippen molar-refractivity contribution in [1.29, 1.82) is 0 Å². The highest BCUT2D eigenvalue weighted by Gasteiger charge is 2.16. The summed E-state index contributed by atoms with van der Waals surface area (Å²) < 4.78 is 28.5. The Morgan fingerprint density at radius 3 is 2.49 bits per heavy atom. The first-order chi connectivity index (χ1) is 19.9. The van der Waals surface area contributed by atoms with Crippen molar-refractivity contribution in [2.75, 3.05) is 12.4 Å². The first-order valence-corrected chi connectivity index (χ1v) is 13.2. The fourth-order valence-electron chi connectivity index (χ4n) is 4.86. The van der Waals surface area contributed by atoms with Crippen molar-refractivity contribution in [2.24, 2.45) is 0 Å². The zero-order valence-electron chi connectivity index (χ0n) is 22.8. The number of fused-ring (bicyclic) bond motifs is 2. The number of hydrogen-bond acceptors (Lipinski definition) is 6. The van der Waals surface area contributed by atoms with Gasteiger partial charge in [0.1, 0.15) is 17.3 Å². The second-order valence-corrected chi connectivity index (χ2v) is 9.64. The molecule has 6 aromatic rings. The zero-order chi connectivity index (χ0) is 28.5. The minimum absolute atomic E-state index is 0.0553. The predicted octanol–water partition coefficient (Wildman–Crippen LogP) is 7.62. The van der Waals surface area contributed by atoms with Crippen LogP contribution in [0.15, 0.2) is 96.2 Å². The van der Waals surface area contributed by atoms with Gasteiger partial charge in [0.15, 0.2) is 11.6 Å². The van der Waals surface area contributed by atoms with Gasteiger partial charge in [0.2, 0.25) is 5.43 Å². The van der Waals surface area contributed by atoms with Crippen molar-refractivity contribution in [2.45, 2.75) is 20.4 Å². The maximum Gasteiger partial charge on any atom is 0.200 e. The van der Waals surface area contributed by atoms with E-state index in [9.17, 15) is 4.79 Å². The Hall–Kier alpha value is -5.24. The van der Waals surface area contributed by atoms with Gasteiger partial charge < -0.3 is 19.4 Å². The summed E-state index contributed by atoms with van der Waals surface area (Å²) in [4.78, 5) is 22.6. The third-order valence-corrected chi connectivity index (χ3v) is 7.02. The van der Waals surface area contributed by atoms with Crippen LogP contribution in [0.5, 0.6) is 17.2 Å². The van der Waals surface area contributed by atoms with Crippen LogP contribution in [0.1, 0.15) is 12.5 Å². The summed E-state index contributed by atoms with van der Waals surface area (Å²) in [6, 6.07) is 21.3. The summed E-state index contributed by atoms with van der Waals surface area (Å²) in [5.74, 6) is 0.977. The molecule has 0 bridgehead atoms. The average molecular weight is 547 g/mol. The van der Waals surface area contributed by atoms with Gasteiger partial charge in [-0.05, 0) is 55.8 Å². The molecule has 3 heterocycles. The van der Waals surface area contributed by atoms with E-state index in [2.05, 4.69) is 15.3 Å². The SMILES string of the molecule is CCn1cc(-c2ccc(C)cc2)c(=O)c2c(Nc3ccc(Oc4ccnc5cc(OC)ccc45)c(F)c3)nccc21. The number of halogens is 1. The smallest absolute Gasteiger partial charge is 0.200 e. The van der Waals surface area contributed by atoms with E-state index < -0.39 is 5.82 Å². The lowest BCUT2D eigenvalue weighted by molar-refractivity contribution is 0.415. The van der Waals surface area contributed by atoms with Gasteiger partial charge in [-0.2, -0.15) is 0 Å². The monoisotopic (exact) mass is 546 g/mol. The van der Waals surface area contributed by atoms with Gasteiger partial charge in [-0.3, -0.25) is 9.78 Å². The van der Waals surface area contributed by atoms with E-state index in [1.165, 1.54) is 6.07 Å². The number of hydrogen-bond donors (Lipinski definition) is 1. The third kappa shape index (κ3) is 4.96. The minimum Gasteiger partial charge on any atom is -0.497 e. The van der Waals surface area contributed by atoms with Gasteiger partial charge in [0.05, 0.1) is 23.5 Å². The van der Waals surface area contributed by atoms with Crippen LogP contribution in [0.4, 0.5) is 15.9 Å². The Morgan fingerprint density at radius 1 is 0.927 bits per heavy atom. The number of aryl methyl sites for hydroxylation is 2. The van der Waals surface area contributed by atoms with E-state index in [4.69, 9.17) is 9.47 Å². The van der Waals surface area contributed by atoms with Crippen LogP contribution in [-0.4, -0.2) is 21.6 Å². The van der Waals surface area contributed by atoms with E-state index >= 15 is 4.39 Å². The minimum atomic E-state index is -0.569. The zero-order valence-corrected chi connectivity index (χ0v) is 22.8. The third-order valence-electron chi connectivity index (χ3n) is 7.02. The Balaban J connectivity index is 1.35. The quantitative estimate of drug-likeness (QED) is 0.222. The van der Waals surface area contributed by atoms with E-state index in [0.717, 1.165) is 22.0 Å². The molecule has 0 spiro atoms. The second-order valence-electron chi connectivity index (χ2n) is 9.64. The standard InChI is InChI=1S/C33H27FN4O3/c1-4-38-19-25(21-7-5-20(2)6-8-21)32(39)31-28(38)13-15-36-33(31)37-22-9-12-30(26(34)17-22)41-29-14-16-35-27-18-23(40-3)10-11-24(27)29/h5-19H,4H2,1-3H3,(H,36,37). The maximum absolute atomic E-state index is 15.3. The molecule has 0 saturated heterocycles. The summed E-state index contributed by atoms with van der Waals surface area (Å²) in [5, 5.41) is 4.32. The highest BCUT2D eigenvalue weighted by atomic mass is 19.1. The van der Waals surface area contributed by atoms with Crippen LogP contribution in [0, 0.1) is 12.7 Å². The number of rotatable bonds is 7. The Bertz CT molecular complexity index is 1970. The molecule has 0 atom stereocenters. The molecular formula is C33H27FN4O3. The van der Waals surface area contributed by atoms with Gasteiger partial charge in [-0.15, -0.1) is 0 Å². The van der Waals surface area contributed by atoms with E-state index in [1.54, 1.807) is 49.8 Å². The van der Waals surface area contributed by atoms with Crippen LogP contribution in [0.3, 0.4) is 0 Å². The maximum atomic E-state index is 15.3. The van der Waals surface area contributed by atoms with Gasteiger partial charge >= 0.3 is 0 Å². The van der Waals surface area contributed by atoms with Gasteiger partial charge in [-0.25, -0.2) is 9.37 Å². The second kappa shape index (κ2) is 10.7. The molecule has 0 radical (unpaired) electrons. The van der Waals surface area contributed by atoms with Gasteiger partial charge in [0, 0.05) is 53.9 Å². The molecule has 3 aromatic heterocycles. The van der Waals surface area contributed by atoms with Crippen molar-refractivity contribution in [3.05, 3.63) is 113 Å². The molecule has 3 aromatic carbocycles. The van der Waals surface area contributed by atoms with Crippen molar-refractivity contribution >= 4 is 33.3 Å². The summed E-state index contributed by atoms with van der Waals surface area (Å²) in [5.41, 5.74) is 4.22. The number of aromatic nitrogens is 3. The normalized spacial score (nSPS) is 11.1. The van der Waals surface area contributed by atoms with Crippen LogP contribution < -0.4 is 20.2 Å². The Kier molecular flexibility index (Phi) is 6.81. The van der Waals surface area contributed by atoms with Crippen molar-refractivity contribution in [3.8, 4) is 28.4 Å². The highest BCUT2D eigenvalue weighted by molar-refractivity contribution is 5.94. The molecule has 0 aliphatic rings. The van der Waals surface area contributed by atoms with Gasteiger partial charge in [0.25, 0.3) is 0 Å². The number of benzene rings is 3. The van der Waals surface area contributed by atoms with Crippen LogP contribution >= 0.6 is 0 Å². The van der Waals surface area contributed by atoms with Gasteiger partial charge in [-0.1, -0.05) is 29.8 Å². The van der Waals surface area contributed by atoms with E-state index in [1.807, 2.05) is 61.0 Å². The predicted molar refractivity (Wildman–Crippen MR) is 160 cm³/mol. The summed E-state index contributed by atoms with van der Waals surface area (Å²) >= 11 is 0. The lowest BCUT2D eigenvalue weighted by Gasteiger charge is -2.15. The molecule has 0 aliphatic heterocycles. The summed E-state index contributed by atoms with van der Waals surface area (Å²) in [6.07, 6.45) is 5.12. The number of nitrogens with one attached hydrogen (secondary N) is 1. The molecule has 41 heavy (non-hydrogen) atoms. The van der Waals surface area contributed by atoms with Crippen LogP contribution in [0.2, 0.25) is 0 Å². The first kappa shape index (κ1) is 26.0. The molecule has 1 N–H and O–H groups in total. The lowest BCUT2D eigenvalue weighted by atomic mass is 10.0. The largest absolute Gasteiger partial charge is 0.497 e. The van der Waals surface area contributed by atoms with Crippen molar-refractivity contribution < 1.29 is 13.9 Å². The number of pyridine rings is 3. The number of methoxy groups -OCH3 is 1. The van der Waals surface area contributed by atoms with Crippen LogP contribution in [0.25, 0.3) is 32.9 Å². The molecule has 8 heteroatoms. The fraction of sp³-hybridized carbons (Fsp3) is 0.121. The molecule has 0 saturated carbocycles. The van der Waals surface area contributed by atoms with Crippen molar-refractivity contribution in [3.63, 3.8) is 0 Å².